The van der Waals surface area contributed by atoms with Gasteiger partial charge < -0.3 is 16.6 Å². The Morgan fingerprint density at radius 2 is 1.92 bits per heavy atom. The monoisotopic (exact) mass is 175 g/mol. The van der Waals surface area contributed by atoms with Crippen molar-refractivity contribution in [3.63, 3.8) is 0 Å². The lowest BCUT2D eigenvalue weighted by atomic mass is 10.1. The van der Waals surface area contributed by atoms with Crippen LogP contribution in [0.25, 0.3) is 10.8 Å². The third-order valence-electron chi connectivity index (χ3n) is 2.07. The molecule has 3 heteroatoms. The number of nitrogen functional groups attached to an aromatic ring is 2. The lowest BCUT2D eigenvalue weighted by Gasteiger charge is -2.06. The molecule has 0 saturated carbocycles. The average Bonchev–Trinajstić information content (AvgIpc) is 2.20. The summed E-state index contributed by atoms with van der Waals surface area (Å²) < 4.78 is 6.90. The number of hydrogen-bond donors (Lipinski definition) is 3. The van der Waals surface area contributed by atoms with Crippen LogP contribution in [0.1, 0.15) is 0 Å². The lowest BCUT2D eigenvalue weighted by Crippen LogP contribution is -1.91. The fourth-order valence-corrected chi connectivity index (χ4v) is 1.42. The standard InChI is InChI=1S/C10H10N2O/c11-7-4-5-9(13)10-6(7)2-1-3-8(10)12/h1-5,13H,11-12H2/i/hD. The van der Waals surface area contributed by atoms with Gasteiger partial charge in [0, 0.05) is 22.1 Å². The molecular weight excluding hydrogens is 164 g/mol. The van der Waals surface area contributed by atoms with Crippen LogP contribution >= 0.6 is 0 Å². The van der Waals surface area contributed by atoms with Crippen LogP contribution in [-0.2, 0) is 0 Å². The van der Waals surface area contributed by atoms with Crippen LogP contribution in [0.2, 0.25) is 0 Å². The molecular formula is C10H10N2O. The van der Waals surface area contributed by atoms with E-state index in [9.17, 15) is 0 Å². The van der Waals surface area contributed by atoms with Crippen molar-refractivity contribution in [2.75, 3.05) is 11.5 Å². The third-order valence-corrected chi connectivity index (χ3v) is 2.07. The van der Waals surface area contributed by atoms with Gasteiger partial charge >= 0.3 is 0 Å². The zero-order chi connectivity index (χ0) is 10.1. The molecule has 0 aliphatic heterocycles. The minimum absolute atomic E-state index is 0.423. The summed E-state index contributed by atoms with van der Waals surface area (Å²) in [7, 11) is 0. The van der Waals surface area contributed by atoms with Gasteiger partial charge in [-0.25, -0.2) is 0 Å². The van der Waals surface area contributed by atoms with Gasteiger partial charge in [0.25, 0.3) is 1.43 Å². The molecule has 0 aliphatic rings. The highest BCUT2D eigenvalue weighted by molar-refractivity contribution is 6.03. The average molecular weight is 175 g/mol. The maximum Gasteiger partial charge on any atom is 0.293 e. The first kappa shape index (κ1) is 6.60. The molecule has 3 nitrogen and oxygen atoms in total. The van der Waals surface area contributed by atoms with E-state index in [0.29, 0.717) is 22.5 Å². The number of hydrogen-bond acceptors (Lipinski definition) is 3. The molecule has 0 aliphatic carbocycles. The maximum atomic E-state index is 6.90. The molecule has 2 aromatic carbocycles. The van der Waals surface area contributed by atoms with E-state index in [1.54, 1.807) is 18.2 Å². The van der Waals surface area contributed by atoms with Gasteiger partial charge in [-0.2, -0.15) is 0 Å². The smallest absolute Gasteiger partial charge is 0.293 e. The minimum Gasteiger partial charge on any atom is -0.507 e. The Bertz CT molecular complexity index is 485. The molecule has 5 N–H and O–H groups in total. The number of fused-ring (bicyclic) bond motifs is 1. The number of phenolic OH excluding ortho intramolecular Hbond substituents is 1. The van der Waals surface area contributed by atoms with Crippen LogP contribution in [0.4, 0.5) is 11.4 Å². The predicted octanol–water partition coefficient (Wildman–Crippen LogP) is 1.71. The van der Waals surface area contributed by atoms with Crippen molar-refractivity contribution in [3.05, 3.63) is 30.3 Å². The molecule has 66 valence electrons. The molecule has 0 heterocycles. The van der Waals surface area contributed by atoms with Crippen molar-refractivity contribution in [1.29, 1.82) is 1.43 Å². The molecule has 0 saturated heterocycles. The summed E-state index contributed by atoms with van der Waals surface area (Å²) in [6, 6.07) is 8.77. The van der Waals surface area contributed by atoms with Gasteiger partial charge in [0.15, 0.2) is 0 Å². The van der Waals surface area contributed by atoms with Crippen molar-refractivity contribution in [3.8, 4) is 5.75 Å². The Labute approximate surface area is 77.1 Å². The van der Waals surface area contributed by atoms with Crippen molar-refractivity contribution in [1.82, 2.24) is 0 Å². The summed E-state index contributed by atoms with van der Waals surface area (Å²) in [5, 5.41) is 5.99. The van der Waals surface area contributed by atoms with Gasteiger partial charge in [0.2, 0.25) is 0 Å². The van der Waals surface area contributed by atoms with Crippen LogP contribution in [-0.4, -0.2) is 6.54 Å². The fraction of sp³-hybridized carbons (Fsp3) is 0. The van der Waals surface area contributed by atoms with Crippen LogP contribution in [0, 0.1) is 0 Å². The van der Waals surface area contributed by atoms with E-state index in [4.69, 9.17) is 12.9 Å². The van der Waals surface area contributed by atoms with Crippen molar-refractivity contribution >= 4 is 22.1 Å². The summed E-state index contributed by atoms with van der Waals surface area (Å²) in [5.74, 6) is 0.423. The molecule has 2 aromatic rings. The summed E-state index contributed by atoms with van der Waals surface area (Å²) >= 11 is 0. The highest BCUT2D eigenvalue weighted by Crippen LogP contribution is 2.33. The molecule has 2 rings (SSSR count). The van der Waals surface area contributed by atoms with Gasteiger partial charge in [-0.1, -0.05) is 12.1 Å². The van der Waals surface area contributed by atoms with Crippen molar-refractivity contribution in [2.45, 2.75) is 0 Å². The number of nitrogens with two attached hydrogens (primary N) is 2. The first-order valence-electron chi connectivity index (χ1n) is 4.34. The van der Waals surface area contributed by atoms with E-state index in [1.807, 2.05) is 12.1 Å². The van der Waals surface area contributed by atoms with Gasteiger partial charge in [0.05, 0.1) is 0 Å². The summed E-state index contributed by atoms with van der Waals surface area (Å²) in [5.41, 5.74) is 12.8. The number of anilines is 2. The number of aromatic hydroxyl groups is 1. The molecule has 0 fully saturated rings. The van der Waals surface area contributed by atoms with Gasteiger partial charge in [-0.15, -0.1) is 0 Å². The van der Waals surface area contributed by atoms with E-state index in [2.05, 4.69) is 5.11 Å². The predicted molar refractivity (Wildman–Crippen MR) is 54.4 cm³/mol. The number of phenols is 1. The largest absolute Gasteiger partial charge is 0.507 e. The summed E-state index contributed by atoms with van der Waals surface area (Å²) in [6.45, 7) is 0. The fourth-order valence-electron chi connectivity index (χ4n) is 1.42. The Balaban J connectivity index is 2.92. The highest BCUT2D eigenvalue weighted by Gasteiger charge is 2.04. The molecule has 0 unspecified atom stereocenters. The van der Waals surface area contributed by atoms with E-state index in [1.165, 1.54) is 0 Å². The zero-order valence-corrected chi connectivity index (χ0v) is 6.95. The van der Waals surface area contributed by atoms with Gasteiger partial charge in [-0.3, -0.25) is 0 Å². The number of rotatable bonds is 1. The summed E-state index contributed by atoms with van der Waals surface area (Å²) in [4.78, 5) is 0. The molecule has 0 bridgehead atoms. The third kappa shape index (κ3) is 1.05. The molecule has 0 aromatic heterocycles. The van der Waals surface area contributed by atoms with Crippen LogP contribution in [0.5, 0.6) is 5.75 Å². The Morgan fingerprint density at radius 1 is 1.08 bits per heavy atom. The lowest BCUT2D eigenvalue weighted by molar-refractivity contribution is 0.482. The van der Waals surface area contributed by atoms with Crippen molar-refractivity contribution in [2.24, 2.45) is 0 Å². The van der Waals surface area contributed by atoms with Crippen molar-refractivity contribution < 1.29 is 5.11 Å². The topological polar surface area (TPSA) is 72.3 Å². The molecule has 0 atom stereocenters. The minimum atomic E-state index is 0.423. The van der Waals surface area contributed by atoms with E-state index in [0.717, 1.165) is 5.39 Å². The van der Waals surface area contributed by atoms with Gasteiger partial charge in [0.1, 0.15) is 5.75 Å². The first-order valence-corrected chi connectivity index (χ1v) is 3.94. The SMILES string of the molecule is [2H]Oc1ccc(N)c2cccc(N)c12. The molecule has 0 amide bonds. The highest BCUT2D eigenvalue weighted by atomic mass is 16.3. The Kier molecular flexibility index (Phi) is 1.30. The quantitative estimate of drug-likeness (QED) is 0.456. The van der Waals surface area contributed by atoms with Gasteiger partial charge in [-0.05, 0) is 18.2 Å². The first-order chi connectivity index (χ1) is 6.74. The van der Waals surface area contributed by atoms with E-state index >= 15 is 0 Å². The second-order valence-electron chi connectivity index (χ2n) is 2.92. The normalized spacial score (nSPS) is 11.2. The van der Waals surface area contributed by atoms with Crippen LogP contribution < -0.4 is 11.5 Å². The molecule has 0 radical (unpaired) electrons. The Hall–Kier alpha value is -1.90. The maximum absolute atomic E-state index is 6.90. The summed E-state index contributed by atoms with van der Waals surface area (Å²) in [6.07, 6.45) is 0. The number of benzene rings is 2. The zero-order valence-electron chi connectivity index (χ0n) is 7.95. The second kappa shape index (κ2) is 2.55. The van der Waals surface area contributed by atoms with E-state index < -0.39 is 0 Å². The molecule has 13 heavy (non-hydrogen) atoms. The molecule has 0 spiro atoms. The van der Waals surface area contributed by atoms with Crippen LogP contribution in [0.15, 0.2) is 30.3 Å². The van der Waals surface area contributed by atoms with Crippen LogP contribution in [0.3, 0.4) is 0 Å². The van der Waals surface area contributed by atoms with E-state index in [-0.39, 0.29) is 0 Å². The Morgan fingerprint density at radius 3 is 2.69 bits per heavy atom. The second-order valence-corrected chi connectivity index (χ2v) is 2.92.